The molecule has 1 nitrogen and oxygen atoms in total. The van der Waals surface area contributed by atoms with Crippen LogP contribution in [0.5, 0.6) is 0 Å². The van der Waals surface area contributed by atoms with Crippen molar-refractivity contribution in [2.45, 2.75) is 39.5 Å². The van der Waals surface area contributed by atoms with Gasteiger partial charge in [-0.3, -0.25) is 4.79 Å². The van der Waals surface area contributed by atoms with E-state index in [2.05, 4.69) is 56.3 Å². The van der Waals surface area contributed by atoms with Gasteiger partial charge in [0.1, 0.15) is 0 Å². The molecule has 0 saturated heterocycles. The van der Waals surface area contributed by atoms with Crippen LogP contribution in [0.3, 0.4) is 0 Å². The average Bonchev–Trinajstić information content (AvgIpc) is 2.95. The van der Waals surface area contributed by atoms with E-state index in [4.69, 9.17) is 0 Å². The first kappa shape index (κ1) is 13.4. The van der Waals surface area contributed by atoms with Crippen LogP contribution in [-0.4, -0.2) is 5.78 Å². The zero-order valence-corrected chi connectivity index (χ0v) is 12.4. The minimum atomic E-state index is -0.0553. The lowest BCUT2D eigenvalue weighted by atomic mass is 9.83. The molecule has 0 radical (unpaired) electrons. The summed E-state index contributed by atoms with van der Waals surface area (Å²) in [5.74, 6) is 0.899. The lowest BCUT2D eigenvalue weighted by molar-refractivity contribution is -0.122. The van der Waals surface area contributed by atoms with Crippen molar-refractivity contribution < 1.29 is 4.79 Å². The number of hydrogen-bond donors (Lipinski definition) is 0. The molecule has 0 aliphatic heterocycles. The third-order valence-corrected chi connectivity index (χ3v) is 4.80. The second-order valence-electron chi connectivity index (χ2n) is 6.41. The molecule has 1 aromatic carbocycles. The number of Topliss-reactive ketones (excluding diaryl/α,β-unsaturated/α-hetero) is 1. The molecule has 2 saturated carbocycles. The molecule has 0 aromatic heterocycles. The van der Waals surface area contributed by atoms with E-state index in [1.54, 1.807) is 0 Å². The van der Waals surface area contributed by atoms with E-state index in [9.17, 15) is 4.79 Å². The SMILES string of the molecule is CC/C=C\c1ccc(/C=C2/C(=O)C3(C)CCC2C3)cc1. The van der Waals surface area contributed by atoms with E-state index in [0.717, 1.165) is 30.4 Å². The Hall–Kier alpha value is -1.63. The van der Waals surface area contributed by atoms with E-state index in [1.165, 1.54) is 12.0 Å². The predicted octanol–water partition coefficient (Wildman–Crippen LogP) is 4.88. The zero-order valence-electron chi connectivity index (χ0n) is 12.4. The second-order valence-corrected chi connectivity index (χ2v) is 6.41. The van der Waals surface area contributed by atoms with Crippen LogP contribution in [-0.2, 0) is 4.79 Å². The number of rotatable bonds is 3. The number of allylic oxidation sites excluding steroid dienone is 2. The molecule has 20 heavy (non-hydrogen) atoms. The number of fused-ring (bicyclic) bond motifs is 2. The number of hydrogen-bond acceptors (Lipinski definition) is 1. The number of ketones is 1. The molecule has 0 N–H and O–H groups in total. The van der Waals surface area contributed by atoms with E-state index in [0.29, 0.717) is 11.7 Å². The van der Waals surface area contributed by atoms with Gasteiger partial charge in [0.2, 0.25) is 0 Å². The van der Waals surface area contributed by atoms with Crippen molar-refractivity contribution in [3.63, 3.8) is 0 Å². The molecule has 2 unspecified atom stereocenters. The van der Waals surface area contributed by atoms with Gasteiger partial charge < -0.3 is 0 Å². The molecule has 0 spiro atoms. The molecule has 2 bridgehead atoms. The summed E-state index contributed by atoms with van der Waals surface area (Å²) in [4.78, 5) is 12.4. The normalized spacial score (nSPS) is 30.8. The van der Waals surface area contributed by atoms with Crippen LogP contribution in [0.1, 0.15) is 50.7 Å². The van der Waals surface area contributed by atoms with Crippen LogP contribution in [0.4, 0.5) is 0 Å². The Morgan fingerprint density at radius 3 is 2.55 bits per heavy atom. The van der Waals surface area contributed by atoms with Crippen molar-refractivity contribution in [1.29, 1.82) is 0 Å². The molecule has 2 fully saturated rings. The van der Waals surface area contributed by atoms with Crippen molar-refractivity contribution in [3.05, 3.63) is 47.0 Å². The van der Waals surface area contributed by atoms with Gasteiger partial charge in [0.15, 0.2) is 5.78 Å². The molecule has 2 atom stereocenters. The molecule has 0 heterocycles. The highest BCUT2D eigenvalue weighted by Gasteiger charge is 2.51. The van der Waals surface area contributed by atoms with Gasteiger partial charge in [-0.25, -0.2) is 0 Å². The summed E-state index contributed by atoms with van der Waals surface area (Å²) in [5, 5.41) is 0. The van der Waals surface area contributed by atoms with Crippen LogP contribution >= 0.6 is 0 Å². The molecule has 1 aromatic rings. The van der Waals surface area contributed by atoms with Gasteiger partial charge in [-0.05, 0) is 54.4 Å². The van der Waals surface area contributed by atoms with Crippen LogP contribution in [0.25, 0.3) is 12.2 Å². The summed E-state index contributed by atoms with van der Waals surface area (Å²) in [6.45, 7) is 4.27. The maximum absolute atomic E-state index is 12.4. The van der Waals surface area contributed by atoms with Gasteiger partial charge in [0.05, 0.1) is 0 Å². The van der Waals surface area contributed by atoms with E-state index < -0.39 is 0 Å². The highest BCUT2D eigenvalue weighted by Crippen LogP contribution is 2.54. The average molecular weight is 266 g/mol. The Morgan fingerprint density at radius 2 is 1.95 bits per heavy atom. The minimum absolute atomic E-state index is 0.0553. The fourth-order valence-electron chi connectivity index (χ4n) is 3.57. The Bertz CT molecular complexity index is 576. The van der Waals surface area contributed by atoms with Crippen LogP contribution < -0.4 is 0 Å². The van der Waals surface area contributed by atoms with E-state index in [-0.39, 0.29) is 5.41 Å². The summed E-state index contributed by atoms with van der Waals surface area (Å²) >= 11 is 0. The molecule has 0 amide bonds. The summed E-state index contributed by atoms with van der Waals surface area (Å²) in [7, 11) is 0. The van der Waals surface area contributed by atoms with Gasteiger partial charge in [-0.2, -0.15) is 0 Å². The molecule has 3 rings (SSSR count). The maximum atomic E-state index is 12.4. The summed E-state index contributed by atoms with van der Waals surface area (Å²) in [5.41, 5.74) is 3.38. The number of carbonyl (C=O) groups excluding carboxylic acids is 1. The van der Waals surface area contributed by atoms with E-state index >= 15 is 0 Å². The Kier molecular flexibility index (Phi) is 3.37. The second kappa shape index (κ2) is 5.05. The molecule has 2 aliphatic rings. The van der Waals surface area contributed by atoms with Crippen molar-refractivity contribution in [2.75, 3.05) is 0 Å². The van der Waals surface area contributed by atoms with Gasteiger partial charge in [0.25, 0.3) is 0 Å². The predicted molar refractivity (Wildman–Crippen MR) is 84.2 cm³/mol. The van der Waals surface area contributed by atoms with Crippen LogP contribution in [0.2, 0.25) is 0 Å². The first-order valence-corrected chi connectivity index (χ1v) is 7.65. The maximum Gasteiger partial charge on any atom is 0.165 e. The first-order chi connectivity index (χ1) is 9.62. The fraction of sp³-hybridized carbons (Fsp3) is 0.421. The van der Waals surface area contributed by atoms with Crippen LogP contribution in [0, 0.1) is 11.3 Å². The standard InChI is InChI=1S/C19H22O/c1-3-4-5-14-6-8-15(9-7-14)12-17-16-10-11-19(2,13-16)18(17)20/h4-9,12,16H,3,10-11,13H2,1-2H3/b5-4-,17-12+. The van der Waals surface area contributed by atoms with Gasteiger partial charge >= 0.3 is 0 Å². The number of carbonyl (C=O) groups is 1. The third-order valence-electron chi connectivity index (χ3n) is 4.80. The Balaban J connectivity index is 1.83. The van der Waals surface area contributed by atoms with Gasteiger partial charge in [-0.1, -0.05) is 50.3 Å². The van der Waals surface area contributed by atoms with Crippen molar-refractivity contribution in [1.82, 2.24) is 0 Å². The quantitative estimate of drug-likeness (QED) is 0.712. The van der Waals surface area contributed by atoms with Gasteiger partial charge in [0, 0.05) is 5.41 Å². The Morgan fingerprint density at radius 1 is 1.25 bits per heavy atom. The number of benzene rings is 1. The van der Waals surface area contributed by atoms with Crippen molar-refractivity contribution in [2.24, 2.45) is 11.3 Å². The first-order valence-electron chi connectivity index (χ1n) is 7.65. The summed E-state index contributed by atoms with van der Waals surface area (Å²) in [6.07, 6.45) is 10.8. The van der Waals surface area contributed by atoms with Crippen molar-refractivity contribution >= 4 is 17.9 Å². The monoisotopic (exact) mass is 266 g/mol. The molecular formula is C19H22O. The zero-order chi connectivity index (χ0) is 14.2. The highest BCUT2D eigenvalue weighted by atomic mass is 16.1. The largest absolute Gasteiger partial charge is 0.294 e. The molecule has 104 valence electrons. The van der Waals surface area contributed by atoms with E-state index in [1.807, 2.05) is 0 Å². The lowest BCUT2D eigenvalue weighted by Gasteiger charge is -2.20. The summed E-state index contributed by atoms with van der Waals surface area (Å²) in [6, 6.07) is 8.48. The molecular weight excluding hydrogens is 244 g/mol. The fourth-order valence-corrected chi connectivity index (χ4v) is 3.57. The highest BCUT2D eigenvalue weighted by molar-refractivity contribution is 6.06. The molecule has 1 heteroatoms. The topological polar surface area (TPSA) is 17.1 Å². The smallest absolute Gasteiger partial charge is 0.165 e. The van der Waals surface area contributed by atoms with Crippen LogP contribution in [0.15, 0.2) is 35.9 Å². The van der Waals surface area contributed by atoms with Gasteiger partial charge in [-0.15, -0.1) is 0 Å². The minimum Gasteiger partial charge on any atom is -0.294 e. The Labute approximate surface area is 121 Å². The molecule has 2 aliphatic carbocycles. The third kappa shape index (κ3) is 2.26. The lowest BCUT2D eigenvalue weighted by Crippen LogP contribution is -2.22. The van der Waals surface area contributed by atoms with Crippen molar-refractivity contribution in [3.8, 4) is 0 Å². The summed E-state index contributed by atoms with van der Waals surface area (Å²) < 4.78 is 0.